The van der Waals surface area contributed by atoms with Crippen LogP contribution in [0.25, 0.3) is 11.4 Å². The number of fused-ring (bicyclic) bond motifs is 2. The third kappa shape index (κ3) is 4.30. The molecule has 38 heavy (non-hydrogen) atoms. The number of benzene rings is 1. The smallest absolute Gasteiger partial charge is 0.417 e. The van der Waals surface area contributed by atoms with Crippen molar-refractivity contribution < 1.29 is 44.3 Å². The van der Waals surface area contributed by atoms with Gasteiger partial charge in [-0.15, -0.1) is 10.2 Å². The fraction of sp³-hybridized carbons (Fsp3) is 0.409. The summed E-state index contributed by atoms with van der Waals surface area (Å²) in [5.41, 5.74) is -4.59. The minimum Gasteiger partial charge on any atom is -0.423 e. The molecule has 1 saturated heterocycles. The van der Waals surface area contributed by atoms with Crippen molar-refractivity contribution in [3.63, 3.8) is 0 Å². The number of amides is 2. The lowest BCUT2D eigenvalue weighted by Gasteiger charge is -2.61. The SMILES string of the molecule is Cc1nnc(C23CC(CC(C(F)(F)F)C2)N3C(=O)Nc2cc(-c3ncc(F)cn3)c(C(F)(F)F)cc2F)o1. The zero-order chi connectivity index (χ0) is 27.6. The molecule has 16 heteroatoms. The molecule has 3 unspecified atom stereocenters. The van der Waals surface area contributed by atoms with Crippen LogP contribution in [-0.4, -0.2) is 43.3 Å². The van der Waals surface area contributed by atoms with E-state index in [4.69, 9.17) is 4.42 Å². The number of hydrogen-bond donors (Lipinski definition) is 1. The van der Waals surface area contributed by atoms with Crippen LogP contribution in [0.2, 0.25) is 0 Å². The lowest BCUT2D eigenvalue weighted by Crippen LogP contribution is -2.71. The molecule has 2 amide bonds. The van der Waals surface area contributed by atoms with Gasteiger partial charge in [0, 0.05) is 24.9 Å². The van der Waals surface area contributed by atoms with Crippen LogP contribution in [0, 0.1) is 24.5 Å². The maximum atomic E-state index is 14.8. The summed E-state index contributed by atoms with van der Waals surface area (Å²) in [5, 5.41) is 9.57. The first kappa shape index (κ1) is 25.8. The van der Waals surface area contributed by atoms with Gasteiger partial charge >= 0.3 is 18.4 Å². The highest BCUT2D eigenvalue weighted by Crippen LogP contribution is 2.58. The zero-order valence-electron chi connectivity index (χ0n) is 19.2. The second kappa shape index (κ2) is 8.59. The Kier molecular flexibility index (Phi) is 5.83. The van der Waals surface area contributed by atoms with Crippen LogP contribution in [0.3, 0.4) is 0 Å². The average Bonchev–Trinajstić information content (AvgIpc) is 3.26. The van der Waals surface area contributed by atoms with E-state index < -0.39 is 83.0 Å². The number of hydrogen-bond acceptors (Lipinski definition) is 6. The number of halogens is 8. The molecular formula is C22H16F8N6O2. The molecule has 3 aromatic rings. The molecule has 2 fully saturated rings. The Morgan fingerprint density at radius 2 is 1.76 bits per heavy atom. The number of aromatic nitrogens is 4. The molecule has 3 atom stereocenters. The predicted molar refractivity (Wildman–Crippen MR) is 111 cm³/mol. The molecular weight excluding hydrogens is 532 g/mol. The first-order chi connectivity index (χ1) is 17.7. The van der Waals surface area contributed by atoms with Gasteiger partial charge in [0.25, 0.3) is 0 Å². The first-order valence-electron chi connectivity index (χ1n) is 11.1. The summed E-state index contributed by atoms with van der Waals surface area (Å²) in [6, 6.07) is -1.27. The Morgan fingerprint density at radius 1 is 1.08 bits per heavy atom. The highest BCUT2D eigenvalue weighted by Gasteiger charge is 2.66. The number of nitrogens with one attached hydrogen (secondary N) is 1. The van der Waals surface area contributed by atoms with Crippen molar-refractivity contribution >= 4 is 11.7 Å². The number of urea groups is 1. The van der Waals surface area contributed by atoms with Gasteiger partial charge in [-0.3, -0.25) is 0 Å². The lowest BCUT2D eigenvalue weighted by atomic mass is 9.63. The van der Waals surface area contributed by atoms with Crippen molar-refractivity contribution in [1.29, 1.82) is 0 Å². The van der Waals surface area contributed by atoms with E-state index in [9.17, 15) is 39.9 Å². The fourth-order valence-corrected chi connectivity index (χ4v) is 5.09. The van der Waals surface area contributed by atoms with Gasteiger partial charge in [0.15, 0.2) is 11.6 Å². The Balaban J connectivity index is 1.51. The Labute approximate surface area is 208 Å². The molecule has 8 nitrogen and oxygen atoms in total. The van der Waals surface area contributed by atoms with Crippen LogP contribution in [0.1, 0.15) is 36.6 Å². The van der Waals surface area contributed by atoms with E-state index in [-0.39, 0.29) is 24.3 Å². The minimum absolute atomic E-state index is 0.0463. The van der Waals surface area contributed by atoms with E-state index in [1.54, 1.807) is 0 Å². The standard InChI is InChI=1S/C22H16F8N6O2/c1-9-34-35-18(38-9)20-5-10(21(25,26)27)2-12(6-20)36(20)19(37)33-16-3-13(17-31-7-11(23)8-32-17)14(4-15(16)24)22(28,29)30/h3-4,7-8,10,12H,2,5-6H2,1H3,(H,33,37). The Morgan fingerprint density at radius 3 is 2.34 bits per heavy atom. The molecule has 2 aromatic heterocycles. The summed E-state index contributed by atoms with van der Waals surface area (Å²) in [6.07, 6.45) is -9.36. The van der Waals surface area contributed by atoms with E-state index >= 15 is 0 Å². The second-order valence-electron chi connectivity index (χ2n) is 9.09. The topological polar surface area (TPSA) is 97.0 Å². The number of rotatable bonds is 3. The maximum absolute atomic E-state index is 14.8. The van der Waals surface area contributed by atoms with Gasteiger partial charge in [0.2, 0.25) is 11.8 Å². The van der Waals surface area contributed by atoms with Crippen molar-refractivity contribution in [3.8, 4) is 11.4 Å². The van der Waals surface area contributed by atoms with E-state index in [1.165, 1.54) is 6.92 Å². The molecule has 1 aliphatic carbocycles. The monoisotopic (exact) mass is 548 g/mol. The van der Waals surface area contributed by atoms with E-state index in [2.05, 4.69) is 25.5 Å². The number of anilines is 1. The number of carbonyl (C=O) groups is 1. The largest absolute Gasteiger partial charge is 0.423 e. The van der Waals surface area contributed by atoms with Gasteiger partial charge in [-0.05, 0) is 25.0 Å². The second-order valence-corrected chi connectivity index (χ2v) is 9.09. The highest BCUT2D eigenvalue weighted by atomic mass is 19.4. The number of alkyl halides is 6. The summed E-state index contributed by atoms with van der Waals surface area (Å²) in [6.45, 7) is 1.41. The van der Waals surface area contributed by atoms with Gasteiger partial charge in [-0.1, -0.05) is 0 Å². The molecule has 5 rings (SSSR count). The van der Waals surface area contributed by atoms with Crippen molar-refractivity contribution in [3.05, 3.63) is 53.5 Å². The zero-order valence-corrected chi connectivity index (χ0v) is 19.2. The molecule has 1 aliphatic heterocycles. The molecule has 2 aliphatic rings. The Bertz CT molecular complexity index is 1390. The lowest BCUT2D eigenvalue weighted by molar-refractivity contribution is -0.229. The van der Waals surface area contributed by atoms with Gasteiger partial charge in [-0.25, -0.2) is 23.5 Å². The highest BCUT2D eigenvalue weighted by molar-refractivity contribution is 5.92. The molecule has 1 aromatic carbocycles. The van der Waals surface area contributed by atoms with Crippen LogP contribution in [0.15, 0.2) is 28.9 Å². The molecule has 1 N–H and O–H groups in total. The minimum atomic E-state index is -5.06. The van der Waals surface area contributed by atoms with Crippen molar-refractivity contribution in [2.24, 2.45) is 5.92 Å². The van der Waals surface area contributed by atoms with Gasteiger partial charge in [0.05, 0.1) is 29.6 Å². The third-order valence-corrected chi connectivity index (χ3v) is 6.66. The molecule has 1 saturated carbocycles. The maximum Gasteiger partial charge on any atom is 0.417 e. The third-order valence-electron chi connectivity index (χ3n) is 6.66. The first-order valence-corrected chi connectivity index (χ1v) is 11.1. The predicted octanol–water partition coefficient (Wildman–Crippen LogP) is 5.61. The normalized spacial score (nSPS) is 23.2. The van der Waals surface area contributed by atoms with Crippen LogP contribution < -0.4 is 5.32 Å². The number of nitrogens with zero attached hydrogens (tertiary/aromatic N) is 5. The summed E-state index contributed by atoms with van der Waals surface area (Å²) in [5.74, 6) is -4.96. The van der Waals surface area contributed by atoms with E-state index in [0.29, 0.717) is 18.5 Å². The van der Waals surface area contributed by atoms with E-state index in [1.807, 2.05) is 0 Å². The van der Waals surface area contributed by atoms with Crippen molar-refractivity contribution in [2.45, 2.75) is 50.1 Å². The number of likely N-dealkylation sites (tertiary alicyclic amines) is 1. The van der Waals surface area contributed by atoms with Crippen LogP contribution >= 0.6 is 0 Å². The number of piperidine rings is 1. The van der Waals surface area contributed by atoms with Gasteiger partial charge < -0.3 is 14.6 Å². The average molecular weight is 548 g/mol. The van der Waals surface area contributed by atoms with Crippen molar-refractivity contribution in [2.75, 3.05) is 5.32 Å². The number of carbonyl (C=O) groups excluding carboxylic acids is 1. The molecule has 202 valence electrons. The quantitative estimate of drug-likeness (QED) is 0.428. The molecule has 3 heterocycles. The van der Waals surface area contributed by atoms with Crippen molar-refractivity contribution in [1.82, 2.24) is 25.1 Å². The molecule has 2 bridgehead atoms. The van der Waals surface area contributed by atoms with E-state index in [0.717, 1.165) is 4.90 Å². The Hall–Kier alpha value is -3.85. The van der Waals surface area contributed by atoms with Gasteiger partial charge in [0.1, 0.15) is 11.4 Å². The summed E-state index contributed by atoms with van der Waals surface area (Å²) in [4.78, 5) is 21.3. The number of aryl methyl sites for hydroxylation is 1. The molecule has 0 radical (unpaired) electrons. The summed E-state index contributed by atoms with van der Waals surface area (Å²) >= 11 is 0. The fourth-order valence-electron chi connectivity index (χ4n) is 5.09. The molecule has 0 spiro atoms. The summed E-state index contributed by atoms with van der Waals surface area (Å²) < 4.78 is 115. The van der Waals surface area contributed by atoms with Crippen LogP contribution in [0.4, 0.5) is 45.6 Å². The van der Waals surface area contributed by atoms with Gasteiger partial charge in [-0.2, -0.15) is 26.3 Å². The van der Waals surface area contributed by atoms with Crippen LogP contribution in [0.5, 0.6) is 0 Å². The summed E-state index contributed by atoms with van der Waals surface area (Å²) in [7, 11) is 0. The van der Waals surface area contributed by atoms with Crippen LogP contribution in [-0.2, 0) is 11.7 Å².